The number of carbonyl (C=O) groups excluding carboxylic acids is 1. The number of hydrogen-bond acceptors (Lipinski definition) is 3. The van der Waals surface area contributed by atoms with E-state index < -0.39 is 0 Å². The van der Waals surface area contributed by atoms with Crippen LogP contribution >= 0.6 is 0 Å². The lowest BCUT2D eigenvalue weighted by Crippen LogP contribution is -2.41. The third-order valence-electron chi connectivity index (χ3n) is 2.54. The normalized spacial score (nSPS) is 20.6. The molecule has 1 heterocycles. The summed E-state index contributed by atoms with van der Waals surface area (Å²) in [5.74, 6) is -0.150. The molecule has 1 fully saturated rings. The Morgan fingerprint density at radius 3 is 2.31 bits per heavy atom. The monoisotopic (exact) mass is 185 g/mol. The molecule has 3 nitrogen and oxygen atoms in total. The largest absolute Gasteiger partial charge is 0.462 e. The van der Waals surface area contributed by atoms with Crippen LogP contribution in [0, 0.1) is 0 Å². The zero-order chi connectivity index (χ0) is 9.84. The molecule has 0 unspecified atom stereocenters. The van der Waals surface area contributed by atoms with Crippen LogP contribution in [-0.2, 0) is 9.53 Å². The van der Waals surface area contributed by atoms with Gasteiger partial charge in [0.2, 0.25) is 0 Å². The van der Waals surface area contributed by atoms with Crippen LogP contribution in [0.5, 0.6) is 0 Å². The highest BCUT2D eigenvalue weighted by molar-refractivity contribution is 5.66. The molecule has 0 N–H and O–H groups in total. The lowest BCUT2D eigenvalue weighted by atomic mass is 10.1. The van der Waals surface area contributed by atoms with Gasteiger partial charge >= 0.3 is 5.97 Å². The maximum Gasteiger partial charge on any atom is 0.302 e. The van der Waals surface area contributed by atoms with Gasteiger partial charge in [-0.25, -0.2) is 0 Å². The fourth-order valence-electron chi connectivity index (χ4n) is 1.74. The summed E-state index contributed by atoms with van der Waals surface area (Å²) in [4.78, 5) is 13.1. The summed E-state index contributed by atoms with van der Waals surface area (Å²) < 4.78 is 5.15. The number of nitrogens with zero attached hydrogens (tertiary/aromatic N) is 1. The average molecular weight is 185 g/mol. The first-order valence-electron chi connectivity index (χ1n) is 5.01. The van der Waals surface area contributed by atoms with Crippen molar-refractivity contribution >= 4 is 5.97 Å². The number of piperidine rings is 1. The van der Waals surface area contributed by atoms with Gasteiger partial charge in [0, 0.05) is 26.1 Å². The lowest BCUT2D eigenvalue weighted by molar-refractivity contribution is -0.148. The van der Waals surface area contributed by atoms with E-state index in [0.717, 1.165) is 25.9 Å². The molecule has 0 amide bonds. The van der Waals surface area contributed by atoms with E-state index in [4.69, 9.17) is 4.74 Å². The molecule has 1 saturated heterocycles. The topological polar surface area (TPSA) is 29.5 Å². The minimum absolute atomic E-state index is 0.150. The number of esters is 1. The molecule has 0 bridgehead atoms. The van der Waals surface area contributed by atoms with Gasteiger partial charge in [0.25, 0.3) is 0 Å². The maximum absolute atomic E-state index is 10.7. The van der Waals surface area contributed by atoms with Crippen molar-refractivity contribution in [3.63, 3.8) is 0 Å². The molecular weight excluding hydrogens is 166 g/mol. The summed E-state index contributed by atoms with van der Waals surface area (Å²) >= 11 is 0. The molecule has 0 aliphatic carbocycles. The van der Waals surface area contributed by atoms with Crippen LogP contribution in [0.25, 0.3) is 0 Å². The number of hydrogen-bond donors (Lipinski definition) is 0. The number of carbonyl (C=O) groups is 1. The SMILES string of the molecule is CC(=O)OC1CCN(C(C)C)CC1. The van der Waals surface area contributed by atoms with E-state index in [-0.39, 0.29) is 12.1 Å². The Balaban J connectivity index is 2.26. The summed E-state index contributed by atoms with van der Waals surface area (Å²) in [5, 5.41) is 0. The Labute approximate surface area is 80.1 Å². The zero-order valence-electron chi connectivity index (χ0n) is 8.75. The van der Waals surface area contributed by atoms with Crippen molar-refractivity contribution in [2.75, 3.05) is 13.1 Å². The van der Waals surface area contributed by atoms with E-state index in [2.05, 4.69) is 18.7 Å². The van der Waals surface area contributed by atoms with Gasteiger partial charge in [0.05, 0.1) is 0 Å². The number of likely N-dealkylation sites (tertiary alicyclic amines) is 1. The van der Waals surface area contributed by atoms with Crippen molar-refractivity contribution < 1.29 is 9.53 Å². The van der Waals surface area contributed by atoms with Crippen molar-refractivity contribution in [2.45, 2.75) is 45.8 Å². The molecule has 3 heteroatoms. The molecule has 1 aliphatic heterocycles. The quantitative estimate of drug-likeness (QED) is 0.609. The van der Waals surface area contributed by atoms with E-state index in [0.29, 0.717) is 6.04 Å². The van der Waals surface area contributed by atoms with E-state index in [1.165, 1.54) is 6.92 Å². The molecular formula is C10H19NO2. The van der Waals surface area contributed by atoms with E-state index in [1.54, 1.807) is 0 Å². The molecule has 0 saturated carbocycles. The Morgan fingerprint density at radius 1 is 1.38 bits per heavy atom. The first-order chi connectivity index (χ1) is 6.09. The molecule has 76 valence electrons. The van der Waals surface area contributed by atoms with Gasteiger partial charge in [-0.05, 0) is 26.7 Å². The number of rotatable bonds is 2. The summed E-state index contributed by atoms with van der Waals surface area (Å²) in [6.45, 7) is 7.98. The van der Waals surface area contributed by atoms with Crippen LogP contribution in [-0.4, -0.2) is 36.1 Å². The van der Waals surface area contributed by atoms with Gasteiger partial charge in [-0.1, -0.05) is 0 Å². The smallest absolute Gasteiger partial charge is 0.302 e. The highest BCUT2D eigenvalue weighted by atomic mass is 16.5. The van der Waals surface area contributed by atoms with Gasteiger partial charge < -0.3 is 9.64 Å². The van der Waals surface area contributed by atoms with Gasteiger partial charge in [0.15, 0.2) is 0 Å². The second kappa shape index (κ2) is 4.61. The lowest BCUT2D eigenvalue weighted by Gasteiger charge is -2.33. The molecule has 1 aliphatic rings. The molecule has 0 aromatic carbocycles. The Kier molecular flexibility index (Phi) is 3.72. The Bertz CT molecular complexity index is 172. The molecule has 0 spiro atoms. The summed E-state index contributed by atoms with van der Waals surface area (Å²) in [7, 11) is 0. The maximum atomic E-state index is 10.7. The predicted octanol–water partition coefficient (Wildman–Crippen LogP) is 1.42. The summed E-state index contributed by atoms with van der Waals surface area (Å²) in [6, 6.07) is 0.610. The standard InChI is InChI=1S/C10H19NO2/c1-8(2)11-6-4-10(5-7-11)13-9(3)12/h8,10H,4-7H2,1-3H3. The van der Waals surface area contributed by atoms with Crippen LogP contribution in [0.1, 0.15) is 33.6 Å². The third-order valence-corrected chi connectivity index (χ3v) is 2.54. The Morgan fingerprint density at radius 2 is 1.92 bits per heavy atom. The number of ether oxygens (including phenoxy) is 1. The average Bonchev–Trinajstić information content (AvgIpc) is 2.04. The minimum atomic E-state index is -0.150. The highest BCUT2D eigenvalue weighted by Crippen LogP contribution is 2.15. The zero-order valence-corrected chi connectivity index (χ0v) is 8.75. The molecule has 1 rings (SSSR count). The van der Waals surface area contributed by atoms with Gasteiger partial charge in [0.1, 0.15) is 6.10 Å². The van der Waals surface area contributed by atoms with E-state index >= 15 is 0 Å². The van der Waals surface area contributed by atoms with Crippen molar-refractivity contribution in [2.24, 2.45) is 0 Å². The summed E-state index contributed by atoms with van der Waals surface area (Å²) in [5.41, 5.74) is 0. The Hall–Kier alpha value is -0.570. The first-order valence-corrected chi connectivity index (χ1v) is 5.01. The van der Waals surface area contributed by atoms with E-state index in [9.17, 15) is 4.79 Å². The van der Waals surface area contributed by atoms with Crippen molar-refractivity contribution in [1.82, 2.24) is 4.90 Å². The highest BCUT2D eigenvalue weighted by Gasteiger charge is 2.22. The molecule has 0 radical (unpaired) electrons. The molecule has 0 atom stereocenters. The van der Waals surface area contributed by atoms with Gasteiger partial charge in [-0.15, -0.1) is 0 Å². The minimum Gasteiger partial charge on any atom is -0.462 e. The second-order valence-corrected chi connectivity index (χ2v) is 3.94. The fraction of sp³-hybridized carbons (Fsp3) is 0.900. The fourth-order valence-corrected chi connectivity index (χ4v) is 1.74. The van der Waals surface area contributed by atoms with Crippen LogP contribution in [0.15, 0.2) is 0 Å². The molecule has 0 aromatic heterocycles. The van der Waals surface area contributed by atoms with Crippen LogP contribution in [0.4, 0.5) is 0 Å². The third kappa shape index (κ3) is 3.35. The van der Waals surface area contributed by atoms with Crippen LogP contribution in [0.3, 0.4) is 0 Å². The second-order valence-electron chi connectivity index (χ2n) is 3.94. The van der Waals surface area contributed by atoms with Gasteiger partial charge in [-0.3, -0.25) is 4.79 Å². The van der Waals surface area contributed by atoms with Gasteiger partial charge in [-0.2, -0.15) is 0 Å². The first kappa shape index (κ1) is 10.5. The summed E-state index contributed by atoms with van der Waals surface area (Å²) in [6.07, 6.45) is 2.13. The van der Waals surface area contributed by atoms with Crippen LogP contribution < -0.4 is 0 Å². The predicted molar refractivity (Wildman–Crippen MR) is 51.5 cm³/mol. The van der Waals surface area contributed by atoms with Crippen molar-refractivity contribution in [1.29, 1.82) is 0 Å². The van der Waals surface area contributed by atoms with Crippen LogP contribution in [0.2, 0.25) is 0 Å². The van der Waals surface area contributed by atoms with E-state index in [1.807, 2.05) is 0 Å². The molecule has 13 heavy (non-hydrogen) atoms. The van der Waals surface area contributed by atoms with Crippen molar-refractivity contribution in [3.05, 3.63) is 0 Å². The molecule has 0 aromatic rings. The van der Waals surface area contributed by atoms with Crippen molar-refractivity contribution in [3.8, 4) is 0 Å².